The predicted octanol–water partition coefficient (Wildman–Crippen LogP) is 3.00. The van der Waals surface area contributed by atoms with Crippen molar-refractivity contribution in [2.24, 2.45) is 5.92 Å². The number of hydrogen-bond acceptors (Lipinski definition) is 3. The minimum atomic E-state index is -3.77. The van der Waals surface area contributed by atoms with E-state index in [0.29, 0.717) is 19.0 Å². The molecule has 0 aliphatic carbocycles. The van der Waals surface area contributed by atoms with Crippen molar-refractivity contribution in [1.29, 1.82) is 0 Å². The number of sulfonamides is 1. The molecule has 0 radical (unpaired) electrons. The van der Waals surface area contributed by atoms with Crippen LogP contribution in [0.2, 0.25) is 0 Å². The van der Waals surface area contributed by atoms with Gasteiger partial charge in [-0.05, 0) is 43.4 Å². The minimum Gasteiger partial charge on any atom is -0.399 e. The summed E-state index contributed by atoms with van der Waals surface area (Å²) in [4.78, 5) is -0.273. The van der Waals surface area contributed by atoms with Gasteiger partial charge < -0.3 is 5.73 Å². The van der Waals surface area contributed by atoms with Gasteiger partial charge in [0.1, 0.15) is 10.7 Å². The van der Waals surface area contributed by atoms with Gasteiger partial charge in [0.05, 0.1) is 0 Å². The molecule has 4 nitrogen and oxygen atoms in total. The van der Waals surface area contributed by atoms with E-state index in [-0.39, 0.29) is 10.6 Å². The van der Waals surface area contributed by atoms with Crippen LogP contribution in [0.5, 0.6) is 0 Å². The standard InChI is InChI=1S/C15H23FN2O2S/c1-2-4-12-5-3-9-18(10-8-12)21(19,20)15-7-6-13(17)11-14(15)16/h6-7,11-12H,2-5,8-10,17H2,1H3. The summed E-state index contributed by atoms with van der Waals surface area (Å²) in [6, 6.07) is 3.74. The minimum absolute atomic E-state index is 0.227. The van der Waals surface area contributed by atoms with Crippen LogP contribution in [0.4, 0.5) is 10.1 Å². The second kappa shape index (κ2) is 6.75. The third-order valence-electron chi connectivity index (χ3n) is 4.08. The highest BCUT2D eigenvalue weighted by Crippen LogP contribution is 2.27. The molecule has 0 amide bonds. The van der Waals surface area contributed by atoms with E-state index >= 15 is 0 Å². The van der Waals surface area contributed by atoms with Crippen LogP contribution in [0.25, 0.3) is 0 Å². The molecule has 0 aromatic heterocycles. The van der Waals surface area contributed by atoms with Crippen molar-refractivity contribution in [3.8, 4) is 0 Å². The Morgan fingerprint density at radius 3 is 2.76 bits per heavy atom. The molecular weight excluding hydrogens is 291 g/mol. The average Bonchev–Trinajstić information content (AvgIpc) is 2.65. The summed E-state index contributed by atoms with van der Waals surface area (Å²) in [5.74, 6) is -0.198. The number of nitrogens with zero attached hydrogens (tertiary/aromatic N) is 1. The van der Waals surface area contributed by atoms with Gasteiger partial charge in [-0.25, -0.2) is 12.8 Å². The fourth-order valence-electron chi connectivity index (χ4n) is 2.94. The number of rotatable bonds is 4. The Hall–Kier alpha value is -1.14. The van der Waals surface area contributed by atoms with Crippen molar-refractivity contribution in [2.45, 2.75) is 43.9 Å². The maximum atomic E-state index is 13.9. The molecule has 1 aromatic rings. The topological polar surface area (TPSA) is 63.4 Å². The zero-order valence-electron chi connectivity index (χ0n) is 12.4. The van der Waals surface area contributed by atoms with E-state index in [9.17, 15) is 12.8 Å². The van der Waals surface area contributed by atoms with Gasteiger partial charge in [0.2, 0.25) is 10.0 Å². The molecule has 1 unspecified atom stereocenters. The first-order valence-electron chi connectivity index (χ1n) is 7.50. The summed E-state index contributed by atoms with van der Waals surface area (Å²) in [5, 5.41) is 0. The third kappa shape index (κ3) is 3.74. The van der Waals surface area contributed by atoms with Crippen LogP contribution in [0.15, 0.2) is 23.1 Å². The Bertz CT molecular complexity index is 589. The van der Waals surface area contributed by atoms with E-state index in [2.05, 4.69) is 6.92 Å². The van der Waals surface area contributed by atoms with Crippen molar-refractivity contribution in [3.05, 3.63) is 24.0 Å². The Morgan fingerprint density at radius 1 is 1.33 bits per heavy atom. The lowest BCUT2D eigenvalue weighted by Crippen LogP contribution is -2.32. The van der Waals surface area contributed by atoms with Gasteiger partial charge in [-0.15, -0.1) is 0 Å². The van der Waals surface area contributed by atoms with Gasteiger partial charge in [-0.2, -0.15) is 4.31 Å². The summed E-state index contributed by atoms with van der Waals surface area (Å²) in [7, 11) is -3.77. The molecule has 2 N–H and O–H groups in total. The number of benzene rings is 1. The largest absolute Gasteiger partial charge is 0.399 e. The summed E-state index contributed by atoms with van der Waals surface area (Å²) in [6.45, 7) is 3.08. The fraction of sp³-hybridized carbons (Fsp3) is 0.600. The van der Waals surface area contributed by atoms with Crippen LogP contribution in [0.1, 0.15) is 39.0 Å². The second-order valence-electron chi connectivity index (χ2n) is 5.68. The quantitative estimate of drug-likeness (QED) is 0.869. The van der Waals surface area contributed by atoms with E-state index < -0.39 is 15.8 Å². The molecule has 1 atom stereocenters. The first kappa shape index (κ1) is 16.2. The van der Waals surface area contributed by atoms with Gasteiger partial charge in [-0.1, -0.05) is 19.8 Å². The van der Waals surface area contributed by atoms with Gasteiger partial charge in [-0.3, -0.25) is 0 Å². The maximum Gasteiger partial charge on any atom is 0.245 e. The second-order valence-corrected chi connectivity index (χ2v) is 7.59. The van der Waals surface area contributed by atoms with Crippen LogP contribution in [0, 0.1) is 11.7 Å². The number of anilines is 1. The molecule has 118 valence electrons. The Kier molecular flexibility index (Phi) is 5.22. The number of hydrogen-bond donors (Lipinski definition) is 1. The smallest absolute Gasteiger partial charge is 0.245 e. The normalized spacial score (nSPS) is 21.1. The van der Waals surface area contributed by atoms with E-state index in [0.717, 1.165) is 38.2 Å². The third-order valence-corrected chi connectivity index (χ3v) is 6.01. The molecule has 2 rings (SSSR count). The van der Waals surface area contributed by atoms with Gasteiger partial charge in [0, 0.05) is 18.8 Å². The molecule has 0 spiro atoms. The lowest BCUT2D eigenvalue weighted by atomic mass is 9.96. The lowest BCUT2D eigenvalue weighted by molar-refractivity contribution is 0.398. The van der Waals surface area contributed by atoms with Gasteiger partial charge in [0.15, 0.2) is 0 Å². The van der Waals surface area contributed by atoms with Crippen molar-refractivity contribution >= 4 is 15.7 Å². The highest BCUT2D eigenvalue weighted by molar-refractivity contribution is 7.89. The van der Waals surface area contributed by atoms with E-state index in [1.54, 1.807) is 0 Å². The van der Waals surface area contributed by atoms with Crippen molar-refractivity contribution in [2.75, 3.05) is 18.8 Å². The van der Waals surface area contributed by atoms with E-state index in [1.807, 2.05) is 0 Å². The van der Waals surface area contributed by atoms with Crippen molar-refractivity contribution < 1.29 is 12.8 Å². The molecule has 1 aromatic carbocycles. The SMILES string of the molecule is CCCC1CCCN(S(=O)(=O)c2ccc(N)cc2F)CC1. The number of nitrogens with two attached hydrogens (primary N) is 1. The summed E-state index contributed by atoms with van der Waals surface area (Å²) >= 11 is 0. The Morgan fingerprint density at radius 2 is 2.10 bits per heavy atom. The highest BCUT2D eigenvalue weighted by Gasteiger charge is 2.29. The molecule has 0 bridgehead atoms. The summed E-state index contributed by atoms with van der Waals surface area (Å²) < 4.78 is 40.5. The molecule has 1 heterocycles. The molecule has 1 fully saturated rings. The van der Waals surface area contributed by atoms with Crippen LogP contribution < -0.4 is 5.73 Å². The molecule has 21 heavy (non-hydrogen) atoms. The summed E-state index contributed by atoms with van der Waals surface area (Å²) in [6.07, 6.45) is 4.97. The highest BCUT2D eigenvalue weighted by atomic mass is 32.2. The molecular formula is C15H23FN2O2S. The fourth-order valence-corrected chi connectivity index (χ4v) is 4.48. The molecule has 1 aliphatic rings. The molecule has 0 saturated carbocycles. The van der Waals surface area contributed by atoms with Crippen LogP contribution >= 0.6 is 0 Å². The molecule has 6 heteroatoms. The number of halogens is 1. The van der Waals surface area contributed by atoms with Crippen LogP contribution in [-0.2, 0) is 10.0 Å². The van der Waals surface area contributed by atoms with Gasteiger partial charge in [0.25, 0.3) is 0 Å². The monoisotopic (exact) mass is 314 g/mol. The van der Waals surface area contributed by atoms with Crippen molar-refractivity contribution in [1.82, 2.24) is 4.31 Å². The average molecular weight is 314 g/mol. The van der Waals surface area contributed by atoms with Crippen LogP contribution in [-0.4, -0.2) is 25.8 Å². The maximum absolute atomic E-state index is 13.9. The zero-order chi connectivity index (χ0) is 15.5. The zero-order valence-corrected chi connectivity index (χ0v) is 13.2. The van der Waals surface area contributed by atoms with E-state index in [4.69, 9.17) is 5.73 Å². The Balaban J connectivity index is 2.19. The molecule has 1 saturated heterocycles. The van der Waals surface area contributed by atoms with Crippen molar-refractivity contribution in [3.63, 3.8) is 0 Å². The summed E-state index contributed by atoms with van der Waals surface area (Å²) in [5.41, 5.74) is 5.70. The van der Waals surface area contributed by atoms with E-state index in [1.165, 1.54) is 16.4 Å². The van der Waals surface area contributed by atoms with Gasteiger partial charge >= 0.3 is 0 Å². The van der Waals surface area contributed by atoms with Crippen LogP contribution in [0.3, 0.4) is 0 Å². The first-order chi connectivity index (χ1) is 9.95. The predicted molar refractivity (Wildman–Crippen MR) is 81.8 cm³/mol. The first-order valence-corrected chi connectivity index (χ1v) is 8.94. The lowest BCUT2D eigenvalue weighted by Gasteiger charge is -2.20. The Labute approximate surface area is 126 Å². The number of nitrogen functional groups attached to an aromatic ring is 1. The molecule has 1 aliphatic heterocycles.